The van der Waals surface area contributed by atoms with E-state index in [0.29, 0.717) is 6.54 Å². The lowest BCUT2D eigenvalue weighted by Gasteiger charge is -2.25. The summed E-state index contributed by atoms with van der Waals surface area (Å²) >= 11 is 0. The van der Waals surface area contributed by atoms with Crippen molar-refractivity contribution < 1.29 is 9.18 Å². The zero-order valence-corrected chi connectivity index (χ0v) is 15.0. The topological polar surface area (TPSA) is 44.4 Å². The fourth-order valence-corrected chi connectivity index (χ4v) is 2.99. The van der Waals surface area contributed by atoms with Gasteiger partial charge in [-0.3, -0.25) is 4.79 Å². The van der Waals surface area contributed by atoms with E-state index in [0.717, 1.165) is 30.9 Å². The Kier molecular flexibility index (Phi) is 6.79. The highest BCUT2D eigenvalue weighted by molar-refractivity contribution is 5.85. The number of nitrogens with one attached hydrogen (secondary N) is 2. The number of carbonyl (C=O) groups is 1. The van der Waals surface area contributed by atoms with Crippen molar-refractivity contribution in [3.63, 3.8) is 0 Å². The van der Waals surface area contributed by atoms with Crippen LogP contribution in [0.15, 0.2) is 48.5 Å². The van der Waals surface area contributed by atoms with Crippen LogP contribution in [0.1, 0.15) is 24.1 Å². The van der Waals surface area contributed by atoms with Gasteiger partial charge in [-0.2, -0.15) is 0 Å². The molecule has 1 heterocycles. The summed E-state index contributed by atoms with van der Waals surface area (Å²) in [4.78, 5) is 14.5. The van der Waals surface area contributed by atoms with Crippen molar-refractivity contribution in [2.75, 3.05) is 24.5 Å². The van der Waals surface area contributed by atoms with Crippen molar-refractivity contribution in [3.05, 3.63) is 65.5 Å². The number of halogens is 2. The maximum absolute atomic E-state index is 13.0. The maximum Gasteiger partial charge on any atom is 0.239 e. The summed E-state index contributed by atoms with van der Waals surface area (Å²) in [5.74, 6) is -0.311. The average molecular weight is 364 g/mol. The predicted molar refractivity (Wildman–Crippen MR) is 101 cm³/mol. The highest BCUT2D eigenvalue weighted by Crippen LogP contribution is 2.22. The Balaban J connectivity index is 0.00000225. The molecule has 25 heavy (non-hydrogen) atoms. The van der Waals surface area contributed by atoms with Gasteiger partial charge in [0, 0.05) is 25.3 Å². The molecule has 0 radical (unpaired) electrons. The Bertz CT molecular complexity index is 708. The molecule has 0 spiro atoms. The molecule has 0 aliphatic carbocycles. The van der Waals surface area contributed by atoms with Gasteiger partial charge in [0.15, 0.2) is 0 Å². The molecule has 1 unspecified atom stereocenters. The first-order valence-electron chi connectivity index (χ1n) is 8.22. The average Bonchev–Trinajstić information content (AvgIpc) is 2.78. The van der Waals surface area contributed by atoms with Gasteiger partial charge in [0.2, 0.25) is 5.91 Å². The van der Waals surface area contributed by atoms with Crippen molar-refractivity contribution in [1.29, 1.82) is 0 Å². The highest BCUT2D eigenvalue weighted by Gasteiger charge is 2.18. The quantitative estimate of drug-likeness (QED) is 0.877. The third-order valence-corrected chi connectivity index (χ3v) is 4.29. The molecule has 2 aromatic rings. The molecular formula is C19H23ClFN3O. The van der Waals surface area contributed by atoms with Crippen LogP contribution in [0.4, 0.5) is 10.1 Å². The first-order valence-corrected chi connectivity index (χ1v) is 8.22. The normalized spacial score (nSPS) is 14.7. The molecule has 1 aliphatic rings. The number of carbonyl (C=O) groups excluding carboxylic acids is 1. The summed E-state index contributed by atoms with van der Waals surface area (Å²) in [6.07, 6.45) is 0. The van der Waals surface area contributed by atoms with Crippen molar-refractivity contribution in [3.8, 4) is 0 Å². The predicted octanol–water partition coefficient (Wildman–Crippen LogP) is 3.03. The van der Waals surface area contributed by atoms with Gasteiger partial charge in [0.25, 0.3) is 0 Å². The van der Waals surface area contributed by atoms with Gasteiger partial charge in [-0.15, -0.1) is 12.4 Å². The zero-order chi connectivity index (χ0) is 16.9. The maximum atomic E-state index is 13.0. The summed E-state index contributed by atoms with van der Waals surface area (Å²) in [7, 11) is 0. The van der Waals surface area contributed by atoms with Crippen LogP contribution in [0.3, 0.4) is 0 Å². The lowest BCUT2D eigenvalue weighted by molar-refractivity contribution is -0.120. The van der Waals surface area contributed by atoms with E-state index < -0.39 is 0 Å². The monoisotopic (exact) mass is 363 g/mol. The largest absolute Gasteiger partial charge is 0.361 e. The molecule has 1 atom stereocenters. The van der Waals surface area contributed by atoms with Gasteiger partial charge in [-0.25, -0.2) is 4.39 Å². The van der Waals surface area contributed by atoms with Crippen LogP contribution in [-0.4, -0.2) is 25.5 Å². The summed E-state index contributed by atoms with van der Waals surface area (Å²) in [6, 6.07) is 14.2. The minimum atomic E-state index is -0.272. The van der Waals surface area contributed by atoms with Gasteiger partial charge < -0.3 is 15.5 Å². The molecule has 0 aromatic heterocycles. The van der Waals surface area contributed by atoms with E-state index >= 15 is 0 Å². The molecule has 3 rings (SSSR count). The highest BCUT2D eigenvalue weighted by atomic mass is 35.5. The van der Waals surface area contributed by atoms with Crippen LogP contribution in [0.25, 0.3) is 0 Å². The third-order valence-electron chi connectivity index (χ3n) is 4.29. The van der Waals surface area contributed by atoms with E-state index in [1.165, 1.54) is 17.7 Å². The molecular weight excluding hydrogens is 341 g/mol. The van der Waals surface area contributed by atoms with E-state index in [4.69, 9.17) is 0 Å². The van der Waals surface area contributed by atoms with E-state index in [2.05, 4.69) is 27.7 Å². The minimum Gasteiger partial charge on any atom is -0.361 e. The third kappa shape index (κ3) is 4.94. The zero-order valence-electron chi connectivity index (χ0n) is 14.2. The Labute approximate surface area is 153 Å². The first kappa shape index (κ1) is 19.2. The number of fused-ring (bicyclic) bond motifs is 1. The molecule has 1 amide bonds. The summed E-state index contributed by atoms with van der Waals surface area (Å²) in [5, 5.41) is 6.36. The van der Waals surface area contributed by atoms with Crippen molar-refractivity contribution in [1.82, 2.24) is 10.6 Å². The smallest absolute Gasteiger partial charge is 0.239 e. The molecule has 2 aromatic carbocycles. The van der Waals surface area contributed by atoms with Gasteiger partial charge in [-0.1, -0.05) is 30.3 Å². The number of amides is 1. The van der Waals surface area contributed by atoms with Gasteiger partial charge in [0.05, 0.1) is 12.6 Å². The number of hydrogen-bond donors (Lipinski definition) is 2. The summed E-state index contributed by atoms with van der Waals surface area (Å²) < 4.78 is 13.0. The van der Waals surface area contributed by atoms with Crippen molar-refractivity contribution in [2.24, 2.45) is 0 Å². The molecule has 0 saturated heterocycles. The fourth-order valence-electron chi connectivity index (χ4n) is 2.99. The second-order valence-corrected chi connectivity index (χ2v) is 6.07. The van der Waals surface area contributed by atoms with Crippen LogP contribution in [0.5, 0.6) is 0 Å². The molecule has 0 saturated carbocycles. The fraction of sp³-hybridized carbons (Fsp3) is 0.316. The van der Waals surface area contributed by atoms with Gasteiger partial charge >= 0.3 is 0 Å². The summed E-state index contributed by atoms with van der Waals surface area (Å²) in [6.45, 7) is 4.67. The van der Waals surface area contributed by atoms with E-state index in [1.807, 2.05) is 19.1 Å². The number of para-hydroxylation sites is 1. The van der Waals surface area contributed by atoms with Crippen molar-refractivity contribution >= 4 is 24.0 Å². The Morgan fingerprint density at radius 1 is 1.24 bits per heavy atom. The number of rotatable bonds is 4. The molecule has 0 fully saturated rings. The molecule has 4 nitrogen and oxygen atoms in total. The second-order valence-electron chi connectivity index (χ2n) is 6.07. The lowest BCUT2D eigenvalue weighted by atomic mass is 10.1. The van der Waals surface area contributed by atoms with Crippen LogP contribution in [0, 0.1) is 5.82 Å². The van der Waals surface area contributed by atoms with E-state index in [9.17, 15) is 9.18 Å². The Hall–Kier alpha value is -2.11. The molecule has 2 N–H and O–H groups in total. The number of anilines is 1. The first-order chi connectivity index (χ1) is 11.6. The molecule has 1 aliphatic heterocycles. The van der Waals surface area contributed by atoms with Crippen molar-refractivity contribution in [2.45, 2.75) is 19.5 Å². The van der Waals surface area contributed by atoms with Gasteiger partial charge in [0.1, 0.15) is 5.82 Å². The van der Waals surface area contributed by atoms with Crippen LogP contribution in [-0.2, 0) is 11.3 Å². The van der Waals surface area contributed by atoms with Crippen LogP contribution in [0.2, 0.25) is 0 Å². The van der Waals surface area contributed by atoms with E-state index in [1.54, 1.807) is 12.1 Å². The van der Waals surface area contributed by atoms with Crippen LogP contribution >= 0.6 is 12.4 Å². The molecule has 134 valence electrons. The van der Waals surface area contributed by atoms with E-state index in [-0.39, 0.29) is 30.2 Å². The Morgan fingerprint density at radius 2 is 1.96 bits per heavy atom. The minimum absolute atomic E-state index is 0. The summed E-state index contributed by atoms with van der Waals surface area (Å²) in [5.41, 5.74) is 3.20. The lowest BCUT2D eigenvalue weighted by Crippen LogP contribution is -2.40. The van der Waals surface area contributed by atoms with Gasteiger partial charge in [-0.05, 0) is 36.2 Å². The van der Waals surface area contributed by atoms with Crippen LogP contribution < -0.4 is 15.5 Å². The number of benzene rings is 2. The molecule has 6 heteroatoms. The molecule has 0 bridgehead atoms. The SMILES string of the molecule is CC(NC(=O)CN1CCNCc2ccccc21)c1ccc(F)cc1.Cl. The standard InChI is InChI=1S/C19H22FN3O.ClH/c1-14(15-6-8-17(20)9-7-15)22-19(24)13-23-11-10-21-12-16-4-2-3-5-18(16)23;/h2-9,14,21H,10-13H2,1H3,(H,22,24);1H. The second kappa shape index (κ2) is 8.83. The Morgan fingerprint density at radius 3 is 2.72 bits per heavy atom. The number of nitrogens with zero attached hydrogens (tertiary/aromatic N) is 1. The number of hydrogen-bond acceptors (Lipinski definition) is 3.